The average molecular weight is 287 g/mol. The van der Waals surface area contributed by atoms with E-state index < -0.39 is 0 Å². The molecule has 0 aliphatic rings. The molecular weight excluding hydrogens is 266 g/mol. The van der Waals surface area contributed by atoms with E-state index in [0.717, 1.165) is 6.42 Å². The smallest absolute Gasteiger partial charge is 0.0462 e. The van der Waals surface area contributed by atoms with Crippen LogP contribution in [0.4, 0.5) is 0 Å². The Morgan fingerprint density at radius 2 is 1.45 bits per heavy atom. The molecule has 0 saturated heterocycles. The molecule has 3 aromatic rings. The molecule has 1 N–H and O–H groups in total. The third-order valence-electron chi connectivity index (χ3n) is 3.78. The summed E-state index contributed by atoms with van der Waals surface area (Å²) in [6.45, 7) is 4.28. The van der Waals surface area contributed by atoms with E-state index in [1.54, 1.807) is 0 Å². The van der Waals surface area contributed by atoms with E-state index in [-0.39, 0.29) is 0 Å². The molecule has 0 radical (unpaired) electrons. The summed E-state index contributed by atoms with van der Waals surface area (Å²) in [5.74, 6) is 0. The average Bonchev–Trinajstić information content (AvgIpc) is 2.99. The van der Waals surface area contributed by atoms with E-state index in [2.05, 4.69) is 91.6 Å². The predicted molar refractivity (Wildman–Crippen MR) is 94.8 cm³/mol. The van der Waals surface area contributed by atoms with Crippen molar-refractivity contribution in [3.05, 3.63) is 84.1 Å². The van der Waals surface area contributed by atoms with Gasteiger partial charge >= 0.3 is 0 Å². The normalized spacial score (nSPS) is 10.5. The van der Waals surface area contributed by atoms with Crippen LogP contribution in [0, 0.1) is 0 Å². The number of rotatable bonds is 4. The highest BCUT2D eigenvalue weighted by atomic mass is 14.7. The summed E-state index contributed by atoms with van der Waals surface area (Å²) in [6, 6.07) is 23.3. The van der Waals surface area contributed by atoms with E-state index in [0.29, 0.717) is 0 Å². The largest absolute Gasteiger partial charge is 0.358 e. The molecule has 22 heavy (non-hydrogen) atoms. The number of nitrogens with one attached hydrogen (secondary N) is 1. The Kier molecular flexibility index (Phi) is 4.24. The maximum atomic E-state index is 3.61. The fourth-order valence-electron chi connectivity index (χ4n) is 2.61. The number of aromatic amines is 1. The van der Waals surface area contributed by atoms with Crippen LogP contribution in [0.2, 0.25) is 0 Å². The fourth-order valence-corrected chi connectivity index (χ4v) is 2.61. The molecule has 0 atom stereocenters. The summed E-state index contributed by atoms with van der Waals surface area (Å²) >= 11 is 0. The second-order valence-corrected chi connectivity index (χ2v) is 5.79. The van der Waals surface area contributed by atoms with Crippen molar-refractivity contribution in [3.8, 4) is 22.4 Å². The maximum absolute atomic E-state index is 3.61. The quantitative estimate of drug-likeness (QED) is 0.579. The molecule has 0 unspecified atom stereocenters. The van der Waals surface area contributed by atoms with Crippen molar-refractivity contribution in [2.24, 2.45) is 0 Å². The summed E-state index contributed by atoms with van der Waals surface area (Å²) in [6.07, 6.45) is 3.20. The molecule has 0 spiro atoms. The van der Waals surface area contributed by atoms with Gasteiger partial charge in [-0.15, -0.1) is 0 Å². The van der Waals surface area contributed by atoms with Gasteiger partial charge in [-0.2, -0.15) is 0 Å². The van der Waals surface area contributed by atoms with Gasteiger partial charge in [0.25, 0.3) is 0 Å². The van der Waals surface area contributed by atoms with Crippen LogP contribution in [-0.2, 0) is 6.42 Å². The van der Waals surface area contributed by atoms with Crippen LogP contribution in [-0.4, -0.2) is 4.98 Å². The van der Waals surface area contributed by atoms with Crippen molar-refractivity contribution in [1.29, 1.82) is 0 Å². The number of benzene rings is 2. The van der Waals surface area contributed by atoms with Crippen molar-refractivity contribution >= 4 is 0 Å². The molecule has 0 saturated carbocycles. The lowest BCUT2D eigenvalue weighted by Crippen LogP contribution is -1.87. The lowest BCUT2D eigenvalue weighted by Gasteiger charge is -2.02. The molecule has 3 rings (SSSR count). The van der Waals surface area contributed by atoms with E-state index in [4.69, 9.17) is 0 Å². The Bertz CT molecular complexity index is 760. The van der Waals surface area contributed by atoms with Gasteiger partial charge in [0, 0.05) is 23.4 Å². The zero-order valence-electron chi connectivity index (χ0n) is 13.1. The number of hydrogen-bond acceptors (Lipinski definition) is 0. The van der Waals surface area contributed by atoms with Crippen LogP contribution >= 0.6 is 0 Å². The number of H-pyrrole nitrogens is 1. The first-order valence-electron chi connectivity index (χ1n) is 7.70. The molecule has 0 amide bonds. The Hall–Kier alpha value is -2.54. The van der Waals surface area contributed by atoms with Crippen molar-refractivity contribution in [1.82, 2.24) is 4.98 Å². The molecule has 110 valence electrons. The second-order valence-electron chi connectivity index (χ2n) is 5.79. The third-order valence-corrected chi connectivity index (χ3v) is 3.78. The first-order valence-corrected chi connectivity index (χ1v) is 7.70. The standard InChI is InChI=1S/C21H21N/c1-16(2)13-14-20-19(17-9-5-3-6-10-17)15-21(22-20)18-11-7-4-8-12-18/h3-13,15,22H,14H2,1-2H3. The summed E-state index contributed by atoms with van der Waals surface area (Å²) in [5, 5.41) is 0. The van der Waals surface area contributed by atoms with Crippen molar-refractivity contribution in [3.63, 3.8) is 0 Å². The van der Waals surface area contributed by atoms with Crippen LogP contribution in [0.1, 0.15) is 19.5 Å². The minimum atomic E-state index is 0.930. The van der Waals surface area contributed by atoms with Crippen LogP contribution in [0.25, 0.3) is 22.4 Å². The zero-order valence-corrected chi connectivity index (χ0v) is 13.1. The van der Waals surface area contributed by atoms with E-state index in [9.17, 15) is 0 Å². The van der Waals surface area contributed by atoms with Crippen LogP contribution < -0.4 is 0 Å². The Labute approximate surface area is 132 Å². The van der Waals surface area contributed by atoms with Crippen molar-refractivity contribution in [2.75, 3.05) is 0 Å². The van der Waals surface area contributed by atoms with Crippen molar-refractivity contribution in [2.45, 2.75) is 20.3 Å². The number of hydrogen-bond donors (Lipinski definition) is 1. The molecule has 1 nitrogen and oxygen atoms in total. The monoisotopic (exact) mass is 287 g/mol. The van der Waals surface area contributed by atoms with E-state index in [1.165, 1.54) is 33.7 Å². The number of allylic oxidation sites excluding steroid dienone is 2. The SMILES string of the molecule is CC(C)=CCc1[nH]c(-c2ccccc2)cc1-c1ccccc1. The molecule has 0 fully saturated rings. The molecule has 0 bridgehead atoms. The molecule has 1 heteroatoms. The molecule has 1 aromatic heterocycles. The van der Waals surface area contributed by atoms with Gasteiger partial charge in [-0.25, -0.2) is 0 Å². The molecule has 0 aliphatic heterocycles. The highest BCUT2D eigenvalue weighted by molar-refractivity contribution is 5.74. The predicted octanol–water partition coefficient (Wildman–Crippen LogP) is 5.86. The first-order chi connectivity index (χ1) is 10.7. The molecule has 0 aliphatic carbocycles. The highest BCUT2D eigenvalue weighted by Gasteiger charge is 2.10. The van der Waals surface area contributed by atoms with Gasteiger partial charge in [-0.05, 0) is 31.0 Å². The van der Waals surface area contributed by atoms with Gasteiger partial charge in [0.05, 0.1) is 0 Å². The van der Waals surface area contributed by atoms with Gasteiger partial charge in [-0.1, -0.05) is 72.3 Å². The molecule has 1 heterocycles. The first kappa shape index (κ1) is 14.4. The van der Waals surface area contributed by atoms with Crippen LogP contribution in [0.15, 0.2) is 78.4 Å². The minimum Gasteiger partial charge on any atom is -0.358 e. The third kappa shape index (κ3) is 3.20. The summed E-state index contributed by atoms with van der Waals surface area (Å²) < 4.78 is 0. The van der Waals surface area contributed by atoms with Gasteiger partial charge in [0.15, 0.2) is 0 Å². The summed E-state index contributed by atoms with van der Waals surface area (Å²) in [5.41, 5.74) is 7.57. The van der Waals surface area contributed by atoms with Crippen molar-refractivity contribution < 1.29 is 0 Å². The van der Waals surface area contributed by atoms with Gasteiger partial charge in [0.1, 0.15) is 0 Å². The highest BCUT2D eigenvalue weighted by Crippen LogP contribution is 2.30. The second kappa shape index (κ2) is 6.48. The maximum Gasteiger partial charge on any atom is 0.0462 e. The fraction of sp³-hybridized carbons (Fsp3) is 0.143. The molecular formula is C21H21N. The number of aromatic nitrogens is 1. The Morgan fingerprint density at radius 1 is 0.864 bits per heavy atom. The Balaban J connectivity index is 2.07. The zero-order chi connectivity index (χ0) is 15.4. The van der Waals surface area contributed by atoms with E-state index in [1.807, 2.05) is 0 Å². The van der Waals surface area contributed by atoms with Gasteiger partial charge < -0.3 is 4.98 Å². The lowest BCUT2D eigenvalue weighted by molar-refractivity contribution is 1.13. The van der Waals surface area contributed by atoms with Crippen LogP contribution in [0.5, 0.6) is 0 Å². The lowest BCUT2D eigenvalue weighted by atomic mass is 10.0. The Morgan fingerprint density at radius 3 is 2.05 bits per heavy atom. The van der Waals surface area contributed by atoms with Gasteiger partial charge in [0.2, 0.25) is 0 Å². The molecule has 2 aromatic carbocycles. The topological polar surface area (TPSA) is 15.8 Å². The minimum absolute atomic E-state index is 0.930. The van der Waals surface area contributed by atoms with Gasteiger partial charge in [-0.3, -0.25) is 0 Å². The summed E-state index contributed by atoms with van der Waals surface area (Å²) in [7, 11) is 0. The van der Waals surface area contributed by atoms with Crippen LogP contribution in [0.3, 0.4) is 0 Å². The summed E-state index contributed by atoms with van der Waals surface area (Å²) in [4.78, 5) is 3.61. The van der Waals surface area contributed by atoms with E-state index >= 15 is 0 Å².